The average Bonchev–Trinajstić information content (AvgIpc) is 2.92. The first kappa shape index (κ1) is 28.8. The minimum Gasteiger partial charge on any atom is -0.494 e. The van der Waals surface area contributed by atoms with Gasteiger partial charge in [0, 0.05) is 17.4 Å². The third-order valence-electron chi connectivity index (χ3n) is 7.23. The van der Waals surface area contributed by atoms with Crippen LogP contribution in [0.15, 0.2) is 60.7 Å². The van der Waals surface area contributed by atoms with E-state index in [0.29, 0.717) is 18.9 Å². The standard InChI is InChI=1S/C34H46O3/c1-4-6-7-8-9-10-11-12-13-23-36-31-21-22-32-30(25-31)15-14-16-34(32)37-26-28-17-19-29(20-18-28)33(35)24-27(3)5-2/h14-22,25,27H,4-13,23-24,26H2,1-3H3/t27-/m1/s1. The molecule has 0 unspecified atom stereocenters. The summed E-state index contributed by atoms with van der Waals surface area (Å²) in [6.07, 6.45) is 13.5. The number of hydrogen-bond acceptors (Lipinski definition) is 3. The van der Waals surface area contributed by atoms with Gasteiger partial charge in [-0.15, -0.1) is 0 Å². The summed E-state index contributed by atoms with van der Waals surface area (Å²) in [5.41, 5.74) is 1.84. The van der Waals surface area contributed by atoms with Crippen LogP contribution in [0.1, 0.15) is 107 Å². The maximum atomic E-state index is 12.4. The van der Waals surface area contributed by atoms with Gasteiger partial charge in [-0.2, -0.15) is 0 Å². The van der Waals surface area contributed by atoms with Crippen LogP contribution in [0, 0.1) is 5.92 Å². The van der Waals surface area contributed by atoms with Crippen LogP contribution in [0.5, 0.6) is 11.5 Å². The molecule has 37 heavy (non-hydrogen) atoms. The Bertz CT molecular complexity index is 1070. The van der Waals surface area contributed by atoms with Crippen LogP contribution in [0.4, 0.5) is 0 Å². The molecule has 0 aromatic heterocycles. The summed E-state index contributed by atoms with van der Waals surface area (Å²) in [7, 11) is 0. The maximum absolute atomic E-state index is 12.4. The third-order valence-corrected chi connectivity index (χ3v) is 7.23. The first-order chi connectivity index (χ1) is 18.1. The highest BCUT2D eigenvalue weighted by Crippen LogP contribution is 2.29. The molecule has 3 aromatic carbocycles. The van der Waals surface area contributed by atoms with E-state index < -0.39 is 0 Å². The van der Waals surface area contributed by atoms with Crippen molar-refractivity contribution in [1.29, 1.82) is 0 Å². The molecule has 0 bridgehead atoms. The van der Waals surface area contributed by atoms with Gasteiger partial charge in [-0.05, 0) is 47.6 Å². The molecule has 0 amide bonds. The van der Waals surface area contributed by atoms with Gasteiger partial charge < -0.3 is 9.47 Å². The topological polar surface area (TPSA) is 35.5 Å². The number of rotatable bonds is 18. The van der Waals surface area contributed by atoms with Crippen LogP contribution < -0.4 is 9.47 Å². The van der Waals surface area contributed by atoms with Gasteiger partial charge in [-0.25, -0.2) is 0 Å². The van der Waals surface area contributed by atoms with E-state index in [0.717, 1.165) is 52.8 Å². The molecule has 3 nitrogen and oxygen atoms in total. The van der Waals surface area contributed by atoms with Crippen molar-refractivity contribution in [2.75, 3.05) is 6.61 Å². The van der Waals surface area contributed by atoms with Gasteiger partial charge in [-0.1, -0.05) is 115 Å². The monoisotopic (exact) mass is 502 g/mol. The van der Waals surface area contributed by atoms with Crippen LogP contribution in [-0.2, 0) is 6.61 Å². The van der Waals surface area contributed by atoms with Crippen LogP contribution in [0.3, 0.4) is 0 Å². The van der Waals surface area contributed by atoms with Gasteiger partial charge >= 0.3 is 0 Å². The van der Waals surface area contributed by atoms with Crippen molar-refractivity contribution in [2.24, 2.45) is 5.92 Å². The van der Waals surface area contributed by atoms with E-state index in [-0.39, 0.29) is 5.78 Å². The molecular formula is C34H46O3. The number of carbonyl (C=O) groups is 1. The van der Waals surface area contributed by atoms with E-state index in [2.05, 4.69) is 39.0 Å². The fourth-order valence-electron chi connectivity index (χ4n) is 4.58. The second-order valence-electron chi connectivity index (χ2n) is 10.4. The highest BCUT2D eigenvalue weighted by molar-refractivity contribution is 5.96. The first-order valence-electron chi connectivity index (χ1n) is 14.5. The number of Topliss-reactive ketones (excluding diaryl/α,β-unsaturated/α-hetero) is 1. The summed E-state index contributed by atoms with van der Waals surface area (Å²) in [5.74, 6) is 2.41. The van der Waals surface area contributed by atoms with Gasteiger partial charge in [0.1, 0.15) is 18.1 Å². The zero-order chi connectivity index (χ0) is 26.3. The Hall–Kier alpha value is -2.81. The second-order valence-corrected chi connectivity index (χ2v) is 10.4. The zero-order valence-electron chi connectivity index (χ0n) is 23.3. The summed E-state index contributed by atoms with van der Waals surface area (Å²) in [5, 5.41) is 2.20. The molecular weight excluding hydrogens is 456 g/mol. The Kier molecular flexibility index (Phi) is 12.5. The molecule has 3 heteroatoms. The minimum absolute atomic E-state index is 0.215. The molecule has 0 fully saturated rings. The third kappa shape index (κ3) is 9.87. The van der Waals surface area contributed by atoms with Crippen molar-refractivity contribution in [2.45, 2.75) is 98.0 Å². The number of unbranched alkanes of at least 4 members (excludes halogenated alkanes) is 8. The number of fused-ring (bicyclic) bond motifs is 1. The van der Waals surface area contributed by atoms with Gasteiger partial charge in [-0.3, -0.25) is 4.79 Å². The first-order valence-corrected chi connectivity index (χ1v) is 14.5. The summed E-state index contributed by atoms with van der Waals surface area (Å²) in [4.78, 5) is 12.4. The van der Waals surface area contributed by atoms with Gasteiger partial charge in [0.05, 0.1) is 6.61 Å². The summed E-state index contributed by atoms with van der Waals surface area (Å²) >= 11 is 0. The van der Waals surface area contributed by atoms with Crippen LogP contribution in [0.2, 0.25) is 0 Å². The van der Waals surface area contributed by atoms with Crippen molar-refractivity contribution in [3.05, 3.63) is 71.8 Å². The molecule has 0 saturated carbocycles. The van der Waals surface area contributed by atoms with E-state index in [9.17, 15) is 4.79 Å². The van der Waals surface area contributed by atoms with E-state index in [1.807, 2.05) is 42.5 Å². The van der Waals surface area contributed by atoms with E-state index in [4.69, 9.17) is 9.47 Å². The van der Waals surface area contributed by atoms with Gasteiger partial charge in [0.15, 0.2) is 5.78 Å². The highest BCUT2D eigenvalue weighted by atomic mass is 16.5. The smallest absolute Gasteiger partial charge is 0.163 e. The fourth-order valence-corrected chi connectivity index (χ4v) is 4.58. The molecule has 1 atom stereocenters. The lowest BCUT2D eigenvalue weighted by Gasteiger charge is -2.12. The Morgan fingerprint density at radius 3 is 2.19 bits per heavy atom. The number of ether oxygens (including phenoxy) is 2. The Morgan fingerprint density at radius 2 is 1.49 bits per heavy atom. The molecule has 0 radical (unpaired) electrons. The molecule has 0 saturated heterocycles. The van der Waals surface area contributed by atoms with Crippen LogP contribution in [-0.4, -0.2) is 12.4 Å². The predicted molar refractivity (Wildman–Crippen MR) is 156 cm³/mol. The number of hydrogen-bond donors (Lipinski definition) is 0. The van der Waals surface area contributed by atoms with E-state index >= 15 is 0 Å². The summed E-state index contributed by atoms with van der Waals surface area (Å²) < 4.78 is 12.2. The Balaban J connectivity index is 1.44. The Morgan fingerprint density at radius 1 is 0.784 bits per heavy atom. The molecule has 0 spiro atoms. The van der Waals surface area contributed by atoms with Crippen LogP contribution >= 0.6 is 0 Å². The van der Waals surface area contributed by atoms with Gasteiger partial charge in [0.2, 0.25) is 0 Å². The number of carbonyl (C=O) groups excluding carboxylic acids is 1. The van der Waals surface area contributed by atoms with Crippen LogP contribution in [0.25, 0.3) is 10.8 Å². The quantitative estimate of drug-likeness (QED) is 0.128. The predicted octanol–water partition coefficient (Wildman–Crippen LogP) is 9.95. The fraction of sp³-hybridized carbons (Fsp3) is 0.500. The number of ketones is 1. The molecule has 0 heterocycles. The molecule has 0 aliphatic rings. The van der Waals surface area contributed by atoms with Crippen molar-refractivity contribution in [3.8, 4) is 11.5 Å². The van der Waals surface area contributed by atoms with Crippen molar-refractivity contribution < 1.29 is 14.3 Å². The molecule has 3 rings (SSSR count). The minimum atomic E-state index is 0.215. The molecule has 0 aliphatic carbocycles. The van der Waals surface area contributed by atoms with Crippen molar-refractivity contribution in [1.82, 2.24) is 0 Å². The van der Waals surface area contributed by atoms with E-state index in [1.54, 1.807) is 0 Å². The van der Waals surface area contributed by atoms with Crippen molar-refractivity contribution >= 4 is 16.6 Å². The molecule has 3 aromatic rings. The molecule has 200 valence electrons. The van der Waals surface area contributed by atoms with Crippen molar-refractivity contribution in [3.63, 3.8) is 0 Å². The lowest BCUT2D eigenvalue weighted by Crippen LogP contribution is -2.05. The molecule has 0 N–H and O–H groups in total. The normalized spacial score (nSPS) is 12.0. The largest absolute Gasteiger partial charge is 0.494 e. The van der Waals surface area contributed by atoms with Gasteiger partial charge in [0.25, 0.3) is 0 Å². The SMILES string of the molecule is CCCCCCCCCCCOc1ccc2c(OCc3ccc(C(=O)C[C@H](C)CC)cc3)cccc2c1. The second kappa shape index (κ2) is 16.1. The zero-order valence-corrected chi connectivity index (χ0v) is 23.3. The van der Waals surface area contributed by atoms with E-state index in [1.165, 1.54) is 51.4 Å². The lowest BCUT2D eigenvalue weighted by atomic mass is 9.97. The average molecular weight is 503 g/mol. The maximum Gasteiger partial charge on any atom is 0.163 e. The molecule has 0 aliphatic heterocycles. The number of benzene rings is 3. The summed E-state index contributed by atoms with van der Waals surface area (Å²) in [6.45, 7) is 7.75. The Labute approximate surface area is 224 Å². The lowest BCUT2D eigenvalue weighted by molar-refractivity contribution is 0.0963. The highest BCUT2D eigenvalue weighted by Gasteiger charge is 2.10. The summed E-state index contributed by atoms with van der Waals surface area (Å²) in [6, 6.07) is 20.2.